The number of halogens is 2. The number of nitrogens with zero attached hydrogens (tertiary/aromatic N) is 4. The van der Waals surface area contributed by atoms with Crippen LogP contribution in [-0.2, 0) is 11.3 Å². The Balaban J connectivity index is 1.47. The molecule has 0 amide bonds. The molecule has 1 aliphatic heterocycles. The summed E-state index contributed by atoms with van der Waals surface area (Å²) in [6.45, 7) is 1.38. The Morgan fingerprint density at radius 3 is 2.91 bits per heavy atom. The summed E-state index contributed by atoms with van der Waals surface area (Å²) >= 11 is 6.40. The van der Waals surface area contributed by atoms with Crippen LogP contribution in [0.4, 0.5) is 10.2 Å². The normalized spacial score (nSPS) is 16.7. The summed E-state index contributed by atoms with van der Waals surface area (Å²) in [5.74, 6) is 0.339. The number of anilines is 1. The van der Waals surface area contributed by atoms with E-state index in [4.69, 9.17) is 16.3 Å². The average molecular weight is 484 g/mol. The van der Waals surface area contributed by atoms with E-state index < -0.39 is 0 Å². The summed E-state index contributed by atoms with van der Waals surface area (Å²) in [5.41, 5.74) is 1.22. The van der Waals surface area contributed by atoms with Gasteiger partial charge in [0.15, 0.2) is 0 Å². The first-order valence-corrected chi connectivity index (χ1v) is 11.3. The van der Waals surface area contributed by atoms with Crippen molar-refractivity contribution in [2.24, 2.45) is 5.92 Å². The zero-order valence-electron chi connectivity index (χ0n) is 18.2. The largest absolute Gasteiger partial charge is 0.394 e. The number of aliphatic hydroxyl groups excluding tert-OH is 1. The van der Waals surface area contributed by atoms with Gasteiger partial charge in [0.1, 0.15) is 11.6 Å². The van der Waals surface area contributed by atoms with Crippen molar-refractivity contribution in [3.8, 4) is 5.69 Å². The van der Waals surface area contributed by atoms with Crippen molar-refractivity contribution in [2.75, 3.05) is 25.1 Å². The second kappa shape index (κ2) is 9.54. The van der Waals surface area contributed by atoms with Crippen molar-refractivity contribution in [1.29, 1.82) is 0 Å². The molecule has 1 saturated heterocycles. The number of aromatic nitrogens is 4. The average Bonchev–Trinajstić information content (AvgIpc) is 3.52. The molecule has 8 nitrogen and oxygen atoms in total. The van der Waals surface area contributed by atoms with Gasteiger partial charge in [0.05, 0.1) is 59.8 Å². The Labute approximate surface area is 199 Å². The van der Waals surface area contributed by atoms with Crippen molar-refractivity contribution in [1.82, 2.24) is 19.3 Å². The summed E-state index contributed by atoms with van der Waals surface area (Å²) in [6, 6.07) is 9.68. The third-order valence-electron chi connectivity index (χ3n) is 6.15. The number of aliphatic hydroxyl groups is 1. The van der Waals surface area contributed by atoms with E-state index in [1.807, 2.05) is 0 Å². The van der Waals surface area contributed by atoms with Gasteiger partial charge in [0, 0.05) is 30.4 Å². The molecule has 2 atom stereocenters. The number of rotatable bonds is 7. The van der Waals surface area contributed by atoms with Crippen LogP contribution in [0.1, 0.15) is 12.0 Å². The lowest BCUT2D eigenvalue weighted by atomic mass is 10.00. The third kappa shape index (κ3) is 4.29. The molecule has 0 spiro atoms. The van der Waals surface area contributed by atoms with Crippen LogP contribution in [0.2, 0.25) is 5.02 Å². The monoisotopic (exact) mass is 483 g/mol. The van der Waals surface area contributed by atoms with Gasteiger partial charge >= 0.3 is 0 Å². The topological polar surface area (TPSA) is 94.2 Å². The van der Waals surface area contributed by atoms with E-state index in [1.165, 1.54) is 23.0 Å². The highest BCUT2D eigenvalue weighted by molar-refractivity contribution is 6.32. The van der Waals surface area contributed by atoms with Crippen LogP contribution in [-0.4, -0.2) is 50.3 Å². The Hall–Kier alpha value is -3.27. The minimum absolute atomic E-state index is 0.0687. The van der Waals surface area contributed by atoms with Gasteiger partial charge in [-0.1, -0.05) is 29.8 Å². The molecule has 1 aromatic carbocycles. The van der Waals surface area contributed by atoms with Gasteiger partial charge < -0.3 is 15.2 Å². The van der Waals surface area contributed by atoms with Crippen LogP contribution in [0.25, 0.3) is 16.6 Å². The van der Waals surface area contributed by atoms with E-state index in [2.05, 4.69) is 15.4 Å². The third-order valence-corrected chi connectivity index (χ3v) is 6.44. The first-order valence-electron chi connectivity index (χ1n) is 11.0. The molecule has 2 N–H and O–H groups in total. The maximum absolute atomic E-state index is 14.1. The van der Waals surface area contributed by atoms with E-state index in [0.29, 0.717) is 46.2 Å². The highest BCUT2D eigenvalue weighted by Gasteiger charge is 2.25. The number of benzene rings is 1. The minimum atomic E-state index is -0.326. The fraction of sp³-hybridized carbons (Fsp3) is 0.292. The molecule has 5 rings (SSSR count). The van der Waals surface area contributed by atoms with E-state index in [-0.39, 0.29) is 36.5 Å². The summed E-state index contributed by atoms with van der Waals surface area (Å²) in [6.07, 6.45) is 5.41. The van der Waals surface area contributed by atoms with Gasteiger partial charge in [-0.15, -0.1) is 0 Å². The number of hydrogen-bond donors (Lipinski definition) is 2. The maximum Gasteiger partial charge on any atom is 0.266 e. The molecule has 0 saturated carbocycles. The number of pyridine rings is 2. The van der Waals surface area contributed by atoms with Crippen LogP contribution in [0, 0.1) is 11.7 Å². The summed E-state index contributed by atoms with van der Waals surface area (Å²) in [5, 5.41) is 18.0. The SMILES string of the molecule is O=c1c2cnn(Cc3ccccc3F)c2ccn1-c1cc(N[C@@H](CO)C2CCOC2)ncc1Cl. The molecule has 3 aromatic heterocycles. The second-order valence-electron chi connectivity index (χ2n) is 8.26. The number of fused-ring (bicyclic) bond motifs is 1. The molecule has 0 radical (unpaired) electrons. The minimum Gasteiger partial charge on any atom is -0.394 e. The molecule has 4 aromatic rings. The summed E-state index contributed by atoms with van der Waals surface area (Å²) in [7, 11) is 0. The Kier molecular flexibility index (Phi) is 6.32. The highest BCUT2D eigenvalue weighted by atomic mass is 35.5. The zero-order chi connectivity index (χ0) is 23.7. The number of hydrogen-bond acceptors (Lipinski definition) is 6. The van der Waals surface area contributed by atoms with E-state index in [1.54, 1.807) is 41.2 Å². The molecule has 0 aliphatic carbocycles. The van der Waals surface area contributed by atoms with Crippen LogP contribution < -0.4 is 10.9 Å². The molecule has 34 heavy (non-hydrogen) atoms. The van der Waals surface area contributed by atoms with Crippen LogP contribution >= 0.6 is 11.6 Å². The first-order chi connectivity index (χ1) is 16.5. The second-order valence-corrected chi connectivity index (χ2v) is 8.67. The van der Waals surface area contributed by atoms with Gasteiger partial charge in [0.25, 0.3) is 5.56 Å². The van der Waals surface area contributed by atoms with Crippen molar-refractivity contribution in [2.45, 2.75) is 19.0 Å². The summed E-state index contributed by atoms with van der Waals surface area (Å²) < 4.78 is 22.5. The quantitative estimate of drug-likeness (QED) is 0.419. The number of ether oxygens (including phenoxy) is 1. The highest BCUT2D eigenvalue weighted by Crippen LogP contribution is 2.25. The fourth-order valence-electron chi connectivity index (χ4n) is 4.25. The van der Waals surface area contributed by atoms with Gasteiger partial charge in [0.2, 0.25) is 0 Å². The van der Waals surface area contributed by atoms with Crippen molar-refractivity contribution >= 4 is 28.3 Å². The van der Waals surface area contributed by atoms with Gasteiger partial charge in [-0.3, -0.25) is 14.0 Å². The van der Waals surface area contributed by atoms with E-state index in [9.17, 15) is 14.3 Å². The smallest absolute Gasteiger partial charge is 0.266 e. The molecule has 10 heteroatoms. The van der Waals surface area contributed by atoms with Crippen molar-refractivity contribution in [3.63, 3.8) is 0 Å². The lowest BCUT2D eigenvalue weighted by Crippen LogP contribution is -2.33. The van der Waals surface area contributed by atoms with Crippen LogP contribution in [0.5, 0.6) is 0 Å². The van der Waals surface area contributed by atoms with E-state index >= 15 is 0 Å². The molecule has 1 aliphatic rings. The van der Waals surface area contributed by atoms with Gasteiger partial charge in [-0.2, -0.15) is 5.10 Å². The predicted molar refractivity (Wildman–Crippen MR) is 127 cm³/mol. The molecule has 176 valence electrons. The lowest BCUT2D eigenvalue weighted by Gasteiger charge is -2.22. The first kappa shape index (κ1) is 22.5. The Morgan fingerprint density at radius 2 is 2.15 bits per heavy atom. The van der Waals surface area contributed by atoms with E-state index in [0.717, 1.165) is 6.42 Å². The Bertz CT molecular complexity index is 1380. The summed E-state index contributed by atoms with van der Waals surface area (Å²) in [4.78, 5) is 17.6. The standard InChI is InChI=1S/C24H23ClFN5O3/c25-18-11-27-23(29-20(13-32)16-6-8-34-14-16)9-22(18)30-7-5-21-17(24(30)33)10-28-31(21)12-15-3-1-2-4-19(15)26/h1-5,7,9-11,16,20,32H,6,8,12-14H2,(H,27,29)/t16?,20-/m0/s1. The number of nitrogens with one attached hydrogen (secondary N) is 1. The molecule has 1 unspecified atom stereocenters. The molecular formula is C24H23ClFN5O3. The zero-order valence-corrected chi connectivity index (χ0v) is 19.0. The van der Waals surface area contributed by atoms with Crippen LogP contribution in [0.3, 0.4) is 0 Å². The molecule has 4 heterocycles. The lowest BCUT2D eigenvalue weighted by molar-refractivity contribution is 0.169. The van der Waals surface area contributed by atoms with Gasteiger partial charge in [-0.05, 0) is 18.6 Å². The maximum atomic E-state index is 14.1. The molecule has 1 fully saturated rings. The molecular weight excluding hydrogens is 461 g/mol. The molecule has 0 bridgehead atoms. The van der Waals surface area contributed by atoms with Crippen molar-refractivity contribution < 1.29 is 14.2 Å². The van der Waals surface area contributed by atoms with Crippen molar-refractivity contribution in [3.05, 3.63) is 81.7 Å². The van der Waals surface area contributed by atoms with Gasteiger partial charge in [-0.25, -0.2) is 9.37 Å². The predicted octanol–water partition coefficient (Wildman–Crippen LogP) is 3.23. The van der Waals surface area contributed by atoms with Crippen LogP contribution in [0.15, 0.2) is 59.8 Å². The Morgan fingerprint density at radius 1 is 1.29 bits per heavy atom. The fourth-order valence-corrected chi connectivity index (χ4v) is 4.44.